The second kappa shape index (κ2) is 2.94. The van der Waals surface area contributed by atoms with Crippen molar-refractivity contribution < 1.29 is 5.11 Å². The molecule has 2 aromatic carbocycles. The number of fused-ring (bicyclic) bond motifs is 3. The maximum absolute atomic E-state index is 9.40. The van der Waals surface area contributed by atoms with Crippen molar-refractivity contribution in [2.45, 2.75) is 6.92 Å². The Morgan fingerprint density at radius 1 is 1.20 bits per heavy atom. The molecule has 0 unspecified atom stereocenters. The molecule has 0 aliphatic heterocycles. The fourth-order valence-electron chi connectivity index (χ4n) is 1.81. The zero-order chi connectivity index (χ0) is 10.4. The van der Waals surface area contributed by atoms with Gasteiger partial charge in [0.1, 0.15) is 5.75 Å². The lowest BCUT2D eigenvalue weighted by Crippen LogP contribution is -1.74. The van der Waals surface area contributed by atoms with Crippen molar-refractivity contribution in [3.8, 4) is 5.75 Å². The van der Waals surface area contributed by atoms with Crippen LogP contribution >= 0.6 is 11.3 Å². The molecule has 1 heterocycles. The quantitative estimate of drug-likeness (QED) is 0.623. The second-order valence-electron chi connectivity index (χ2n) is 3.55. The lowest BCUT2D eigenvalue weighted by Gasteiger charge is -1.98. The molecule has 15 heavy (non-hydrogen) atoms. The summed E-state index contributed by atoms with van der Waals surface area (Å²) in [7, 11) is 0. The van der Waals surface area contributed by atoms with Gasteiger partial charge in [-0.05, 0) is 36.6 Å². The van der Waals surface area contributed by atoms with Gasteiger partial charge in [0.2, 0.25) is 0 Å². The molecule has 0 atom stereocenters. The molecule has 0 radical (unpaired) electrons. The Balaban J connectivity index is 2.53. The summed E-state index contributed by atoms with van der Waals surface area (Å²) in [6, 6.07) is 9.45. The number of aromatic nitrogens is 1. The third kappa shape index (κ3) is 1.27. The minimum Gasteiger partial charge on any atom is -0.508 e. The number of phenolic OH excluding ortho intramolecular Hbond substituents is 1. The first-order chi connectivity index (χ1) is 7.24. The summed E-state index contributed by atoms with van der Waals surface area (Å²) in [5.74, 6) is 0.308. The molecule has 0 bridgehead atoms. The molecular formula is C12H9NOS. The van der Waals surface area contributed by atoms with Crippen molar-refractivity contribution in [1.82, 2.24) is 4.98 Å². The summed E-state index contributed by atoms with van der Waals surface area (Å²) in [5.41, 5.74) is 1.04. The molecule has 0 spiro atoms. The largest absolute Gasteiger partial charge is 0.508 e. The summed E-state index contributed by atoms with van der Waals surface area (Å²) >= 11 is 1.69. The minimum atomic E-state index is 0.308. The number of phenols is 1. The second-order valence-corrected chi connectivity index (χ2v) is 4.76. The van der Waals surface area contributed by atoms with Crippen LogP contribution in [-0.4, -0.2) is 10.1 Å². The van der Waals surface area contributed by atoms with E-state index in [1.807, 2.05) is 25.1 Å². The van der Waals surface area contributed by atoms with Gasteiger partial charge >= 0.3 is 0 Å². The first-order valence-electron chi connectivity index (χ1n) is 4.73. The third-order valence-corrected chi connectivity index (χ3v) is 3.48. The number of hydrogen-bond donors (Lipinski definition) is 1. The fourth-order valence-corrected chi connectivity index (χ4v) is 2.77. The van der Waals surface area contributed by atoms with Crippen LogP contribution in [-0.2, 0) is 0 Å². The number of rotatable bonds is 0. The highest BCUT2D eigenvalue weighted by molar-refractivity contribution is 7.19. The summed E-state index contributed by atoms with van der Waals surface area (Å²) < 4.78 is 1.20. The zero-order valence-electron chi connectivity index (χ0n) is 8.19. The van der Waals surface area contributed by atoms with E-state index in [1.165, 1.54) is 4.70 Å². The van der Waals surface area contributed by atoms with Crippen LogP contribution in [0, 0.1) is 6.92 Å². The Kier molecular flexibility index (Phi) is 1.70. The molecule has 0 amide bonds. The standard InChI is InChI=1S/C12H9NOS/c1-7-13-11-5-2-8-6-9(14)3-4-10(8)12(11)15-7/h2-6,14H,1H3. The molecule has 0 fully saturated rings. The Bertz CT molecular complexity index is 657. The van der Waals surface area contributed by atoms with E-state index in [0.29, 0.717) is 5.75 Å². The van der Waals surface area contributed by atoms with Crippen LogP contribution in [0.15, 0.2) is 30.3 Å². The van der Waals surface area contributed by atoms with Crippen molar-refractivity contribution >= 4 is 32.3 Å². The van der Waals surface area contributed by atoms with Crippen molar-refractivity contribution in [1.29, 1.82) is 0 Å². The van der Waals surface area contributed by atoms with E-state index in [4.69, 9.17) is 0 Å². The van der Waals surface area contributed by atoms with Gasteiger partial charge in [0, 0.05) is 5.39 Å². The van der Waals surface area contributed by atoms with Gasteiger partial charge in [-0.25, -0.2) is 4.98 Å². The zero-order valence-corrected chi connectivity index (χ0v) is 9.01. The maximum Gasteiger partial charge on any atom is 0.116 e. The molecule has 3 rings (SSSR count). The molecule has 3 aromatic rings. The first kappa shape index (κ1) is 8.68. The Morgan fingerprint density at radius 2 is 2.07 bits per heavy atom. The predicted molar refractivity (Wildman–Crippen MR) is 63.5 cm³/mol. The van der Waals surface area contributed by atoms with E-state index in [9.17, 15) is 5.11 Å². The first-order valence-corrected chi connectivity index (χ1v) is 5.54. The predicted octanol–water partition coefficient (Wildman–Crippen LogP) is 3.46. The molecule has 1 aromatic heterocycles. The van der Waals surface area contributed by atoms with Crippen LogP contribution in [0.4, 0.5) is 0 Å². The summed E-state index contributed by atoms with van der Waals surface area (Å²) in [4.78, 5) is 4.44. The molecular weight excluding hydrogens is 206 g/mol. The van der Waals surface area contributed by atoms with Gasteiger partial charge in [0.05, 0.1) is 15.2 Å². The van der Waals surface area contributed by atoms with Crippen molar-refractivity contribution in [3.05, 3.63) is 35.3 Å². The van der Waals surface area contributed by atoms with Gasteiger partial charge in [-0.1, -0.05) is 6.07 Å². The summed E-state index contributed by atoms with van der Waals surface area (Å²) in [5, 5.41) is 12.7. The lowest BCUT2D eigenvalue weighted by molar-refractivity contribution is 0.476. The summed E-state index contributed by atoms with van der Waals surface area (Å²) in [6.45, 7) is 2.01. The average Bonchev–Trinajstić information content (AvgIpc) is 2.58. The van der Waals surface area contributed by atoms with E-state index >= 15 is 0 Å². The molecule has 74 valence electrons. The molecule has 0 saturated heterocycles. The van der Waals surface area contributed by atoms with Crippen LogP contribution in [0.25, 0.3) is 21.0 Å². The van der Waals surface area contributed by atoms with Gasteiger partial charge in [-0.3, -0.25) is 0 Å². The van der Waals surface area contributed by atoms with E-state index in [-0.39, 0.29) is 0 Å². The van der Waals surface area contributed by atoms with E-state index < -0.39 is 0 Å². The van der Waals surface area contributed by atoms with Gasteiger partial charge in [0.25, 0.3) is 0 Å². The number of benzene rings is 2. The molecule has 0 aliphatic rings. The van der Waals surface area contributed by atoms with Crippen LogP contribution in [0.5, 0.6) is 5.75 Å². The van der Waals surface area contributed by atoms with E-state index in [0.717, 1.165) is 21.3 Å². The van der Waals surface area contributed by atoms with Gasteiger partial charge in [-0.2, -0.15) is 0 Å². The Hall–Kier alpha value is -1.61. The van der Waals surface area contributed by atoms with Crippen LogP contribution < -0.4 is 0 Å². The summed E-state index contributed by atoms with van der Waals surface area (Å²) in [6.07, 6.45) is 0. The number of thiazole rings is 1. The van der Waals surface area contributed by atoms with Crippen molar-refractivity contribution in [2.24, 2.45) is 0 Å². The third-order valence-electron chi connectivity index (χ3n) is 2.46. The highest BCUT2D eigenvalue weighted by Crippen LogP contribution is 2.31. The van der Waals surface area contributed by atoms with Crippen molar-refractivity contribution in [3.63, 3.8) is 0 Å². The van der Waals surface area contributed by atoms with E-state index in [1.54, 1.807) is 23.5 Å². The topological polar surface area (TPSA) is 33.1 Å². The molecule has 0 saturated carbocycles. The van der Waals surface area contributed by atoms with E-state index in [2.05, 4.69) is 4.98 Å². The minimum absolute atomic E-state index is 0.308. The van der Waals surface area contributed by atoms with Crippen molar-refractivity contribution in [2.75, 3.05) is 0 Å². The SMILES string of the molecule is Cc1nc2ccc3cc(O)ccc3c2s1. The van der Waals surface area contributed by atoms with Crippen LogP contribution in [0.3, 0.4) is 0 Å². The van der Waals surface area contributed by atoms with Gasteiger partial charge in [0.15, 0.2) is 0 Å². The van der Waals surface area contributed by atoms with Gasteiger partial charge in [-0.15, -0.1) is 11.3 Å². The monoisotopic (exact) mass is 215 g/mol. The Morgan fingerprint density at radius 3 is 2.93 bits per heavy atom. The fraction of sp³-hybridized carbons (Fsp3) is 0.0833. The smallest absolute Gasteiger partial charge is 0.116 e. The number of aromatic hydroxyl groups is 1. The van der Waals surface area contributed by atoms with Gasteiger partial charge < -0.3 is 5.11 Å². The average molecular weight is 215 g/mol. The lowest BCUT2D eigenvalue weighted by atomic mass is 10.1. The normalized spacial score (nSPS) is 11.3. The number of nitrogens with zero attached hydrogens (tertiary/aromatic N) is 1. The van der Waals surface area contributed by atoms with Crippen LogP contribution in [0.2, 0.25) is 0 Å². The molecule has 0 aliphatic carbocycles. The molecule has 1 N–H and O–H groups in total. The molecule has 2 nitrogen and oxygen atoms in total. The number of aryl methyl sites for hydroxylation is 1. The Labute approximate surface area is 90.8 Å². The highest BCUT2D eigenvalue weighted by Gasteiger charge is 2.05. The number of hydrogen-bond acceptors (Lipinski definition) is 3. The highest BCUT2D eigenvalue weighted by atomic mass is 32.1. The molecule has 3 heteroatoms. The van der Waals surface area contributed by atoms with Crippen LogP contribution in [0.1, 0.15) is 5.01 Å². The maximum atomic E-state index is 9.40.